The largest absolute Gasteiger partial charge is 0.405 e. The molecule has 0 spiro atoms. The Bertz CT molecular complexity index is 1500. The van der Waals surface area contributed by atoms with Crippen LogP contribution in [0, 0.1) is 5.92 Å². The number of carbonyl (C=O) groups is 1. The van der Waals surface area contributed by atoms with Crippen molar-refractivity contribution in [2.45, 2.75) is 64.2 Å². The highest BCUT2D eigenvalue weighted by Gasteiger charge is 2.50. The van der Waals surface area contributed by atoms with E-state index >= 15 is 0 Å². The average Bonchev–Trinajstić information content (AvgIpc) is 3.01. The van der Waals surface area contributed by atoms with E-state index in [9.17, 15) is 4.79 Å². The Hall–Kier alpha value is -3.71. The van der Waals surface area contributed by atoms with Crippen LogP contribution in [0.25, 0.3) is 0 Å². The Labute approximate surface area is 264 Å². The summed E-state index contributed by atoms with van der Waals surface area (Å²) < 4.78 is 7.30. The molecule has 230 valence electrons. The van der Waals surface area contributed by atoms with Crippen molar-refractivity contribution < 1.29 is 9.22 Å². The van der Waals surface area contributed by atoms with Gasteiger partial charge < -0.3 is 20.4 Å². The van der Waals surface area contributed by atoms with Gasteiger partial charge in [-0.05, 0) is 50.5 Å². The van der Waals surface area contributed by atoms with E-state index in [2.05, 4.69) is 136 Å². The molecule has 3 atom stereocenters. The number of rotatable bonds is 8. The van der Waals surface area contributed by atoms with Crippen molar-refractivity contribution in [1.29, 1.82) is 0 Å². The molecule has 1 amide bonds. The topological polar surface area (TPSA) is 67.6 Å². The highest BCUT2D eigenvalue weighted by atomic mass is 28.4. The lowest BCUT2D eigenvalue weighted by Crippen LogP contribution is -2.67. The number of hydrogen-bond donors (Lipinski definition) is 2. The fourth-order valence-corrected chi connectivity index (χ4v) is 11.5. The first kappa shape index (κ1) is 31.7. The van der Waals surface area contributed by atoms with E-state index in [1.807, 2.05) is 25.2 Å². The van der Waals surface area contributed by atoms with E-state index < -0.39 is 8.32 Å². The summed E-state index contributed by atoms with van der Waals surface area (Å²) in [5, 5.41) is 5.72. The van der Waals surface area contributed by atoms with Crippen molar-refractivity contribution >= 4 is 30.3 Å². The fourth-order valence-electron chi connectivity index (χ4n) is 6.89. The zero-order valence-electron chi connectivity index (χ0n) is 27.0. The van der Waals surface area contributed by atoms with Gasteiger partial charge in [-0.1, -0.05) is 138 Å². The molecule has 6 heteroatoms. The van der Waals surface area contributed by atoms with E-state index in [4.69, 9.17) is 10.2 Å². The van der Waals surface area contributed by atoms with Crippen molar-refractivity contribution in [3.63, 3.8) is 0 Å². The van der Waals surface area contributed by atoms with Gasteiger partial charge in [0.25, 0.3) is 8.32 Å². The maximum atomic E-state index is 13.9. The molecule has 0 saturated carbocycles. The number of benzene rings is 4. The molecule has 1 unspecified atom stereocenters. The highest BCUT2D eigenvalue weighted by molar-refractivity contribution is 6.99. The summed E-state index contributed by atoms with van der Waals surface area (Å²) in [4.78, 5) is 16.1. The monoisotopic (exact) mass is 605 g/mol. The molecule has 0 aliphatic carbocycles. The number of anilines is 1. The molecule has 1 aliphatic heterocycles. The van der Waals surface area contributed by atoms with Gasteiger partial charge in [-0.3, -0.25) is 4.79 Å². The van der Waals surface area contributed by atoms with Crippen molar-refractivity contribution in [3.8, 4) is 0 Å². The first-order valence-electron chi connectivity index (χ1n) is 15.7. The second-order valence-electron chi connectivity index (χ2n) is 13.5. The van der Waals surface area contributed by atoms with E-state index in [0.717, 1.165) is 16.8 Å². The summed E-state index contributed by atoms with van der Waals surface area (Å²) in [6.45, 7) is 11.5. The molecular weight excluding hydrogens is 559 g/mol. The number of hydrogen-bond acceptors (Lipinski definition) is 4. The van der Waals surface area contributed by atoms with Crippen molar-refractivity contribution in [2.24, 2.45) is 11.7 Å². The van der Waals surface area contributed by atoms with Gasteiger partial charge >= 0.3 is 0 Å². The third kappa shape index (κ3) is 6.25. The minimum absolute atomic E-state index is 0.0296. The Morgan fingerprint density at radius 1 is 0.864 bits per heavy atom. The Kier molecular flexibility index (Phi) is 9.44. The molecule has 5 nitrogen and oxygen atoms in total. The van der Waals surface area contributed by atoms with E-state index in [1.54, 1.807) is 0 Å². The zero-order chi connectivity index (χ0) is 31.5. The molecule has 0 radical (unpaired) electrons. The minimum Gasteiger partial charge on any atom is -0.405 e. The Balaban J connectivity index is 1.54. The van der Waals surface area contributed by atoms with Crippen LogP contribution < -0.4 is 26.3 Å². The van der Waals surface area contributed by atoms with E-state index in [0.29, 0.717) is 13.0 Å². The highest BCUT2D eigenvalue weighted by Crippen LogP contribution is 2.37. The van der Waals surface area contributed by atoms with Crippen molar-refractivity contribution in [1.82, 2.24) is 5.32 Å². The SMILES string of the molecule is CC(C)[C@H]1C(=O)N[C@H](CO[Si](c2ccccc2)(c2ccccc2)C(C)(C)C)Cc2ccc(C(N)c3ccccc3)cc2N1C. The van der Waals surface area contributed by atoms with Gasteiger partial charge in [-0.15, -0.1) is 0 Å². The van der Waals surface area contributed by atoms with Crippen LogP contribution in [-0.4, -0.2) is 40.0 Å². The van der Waals surface area contributed by atoms with Crippen LogP contribution in [0.1, 0.15) is 57.4 Å². The molecule has 4 aromatic carbocycles. The number of nitrogens with two attached hydrogens (primary N) is 1. The van der Waals surface area contributed by atoms with Crippen LogP contribution in [0.4, 0.5) is 5.69 Å². The molecule has 0 bridgehead atoms. The van der Waals surface area contributed by atoms with Crippen LogP contribution in [0.3, 0.4) is 0 Å². The Morgan fingerprint density at radius 3 is 1.93 bits per heavy atom. The molecule has 44 heavy (non-hydrogen) atoms. The molecule has 0 saturated heterocycles. The summed E-state index contributed by atoms with van der Waals surface area (Å²) in [6, 6.07) is 37.3. The fraction of sp³-hybridized carbons (Fsp3) is 0.342. The molecule has 1 aliphatic rings. The van der Waals surface area contributed by atoms with Gasteiger partial charge in [0.15, 0.2) is 0 Å². The molecular formula is C38H47N3O2Si. The molecule has 1 heterocycles. The number of amides is 1. The number of fused-ring (bicyclic) bond motifs is 1. The maximum Gasteiger partial charge on any atom is 0.261 e. The maximum absolute atomic E-state index is 13.9. The summed E-state index contributed by atoms with van der Waals surface area (Å²) in [7, 11) is -0.740. The molecule has 5 rings (SSSR count). The lowest BCUT2D eigenvalue weighted by Gasteiger charge is -2.44. The van der Waals surface area contributed by atoms with Crippen molar-refractivity contribution in [3.05, 3.63) is 126 Å². The summed E-state index contributed by atoms with van der Waals surface area (Å²) in [6.07, 6.45) is 0.662. The number of likely N-dealkylation sites (N-methyl/N-ethyl adjacent to an activating group) is 1. The number of carbonyl (C=O) groups excluding carboxylic acids is 1. The molecule has 0 fully saturated rings. The average molecular weight is 606 g/mol. The molecule has 4 aromatic rings. The first-order chi connectivity index (χ1) is 21.0. The first-order valence-corrected chi connectivity index (χ1v) is 17.7. The molecule has 3 N–H and O–H groups in total. The molecule has 0 aromatic heterocycles. The quantitative estimate of drug-likeness (QED) is 0.249. The van der Waals surface area contributed by atoms with Gasteiger partial charge in [-0.2, -0.15) is 0 Å². The number of nitrogens with one attached hydrogen (secondary N) is 1. The standard InChI is InChI=1S/C38H47N3O2Si/c1-27(2)36-37(42)40-31(24-29-22-23-30(25-34(29)41(36)6)35(39)28-16-10-7-11-17-28)26-43-44(38(3,4)5,32-18-12-8-13-19-32)33-20-14-9-15-21-33/h7-23,25,27,31,35-36H,24,26,39H2,1-6H3,(H,40,42)/t31-,35?,36-/m0/s1. The minimum atomic E-state index is -2.77. The smallest absolute Gasteiger partial charge is 0.261 e. The lowest BCUT2D eigenvalue weighted by molar-refractivity contribution is -0.124. The predicted molar refractivity (Wildman–Crippen MR) is 185 cm³/mol. The van der Waals surface area contributed by atoms with Gasteiger partial charge in [0.2, 0.25) is 5.91 Å². The zero-order valence-corrected chi connectivity index (χ0v) is 28.0. The van der Waals surface area contributed by atoms with Crippen LogP contribution >= 0.6 is 0 Å². The van der Waals surface area contributed by atoms with Gasteiger partial charge in [0.1, 0.15) is 6.04 Å². The van der Waals surface area contributed by atoms with Crippen molar-refractivity contribution in [2.75, 3.05) is 18.6 Å². The van der Waals surface area contributed by atoms with Crippen LogP contribution in [0.15, 0.2) is 109 Å². The van der Waals surface area contributed by atoms with E-state index in [-0.39, 0.29) is 35.0 Å². The normalized spacial score (nSPS) is 18.3. The number of nitrogens with zero attached hydrogens (tertiary/aromatic N) is 1. The van der Waals surface area contributed by atoms with Crippen LogP contribution in [-0.2, 0) is 15.6 Å². The summed E-state index contributed by atoms with van der Waals surface area (Å²) >= 11 is 0. The van der Waals surface area contributed by atoms with Gasteiger partial charge in [0, 0.05) is 12.7 Å². The Morgan fingerprint density at radius 2 is 1.41 bits per heavy atom. The summed E-state index contributed by atoms with van der Waals surface area (Å²) in [5.41, 5.74) is 11.1. The van der Waals surface area contributed by atoms with E-state index in [1.165, 1.54) is 15.9 Å². The van der Waals surface area contributed by atoms with Crippen LogP contribution in [0.5, 0.6) is 0 Å². The third-order valence-corrected chi connectivity index (χ3v) is 14.1. The summed E-state index contributed by atoms with van der Waals surface area (Å²) in [5.74, 6) is 0.137. The van der Waals surface area contributed by atoms with Gasteiger partial charge in [0.05, 0.1) is 18.7 Å². The van der Waals surface area contributed by atoms with Gasteiger partial charge in [-0.25, -0.2) is 0 Å². The third-order valence-electron chi connectivity index (χ3n) is 9.06. The predicted octanol–water partition coefficient (Wildman–Crippen LogP) is 5.81. The lowest BCUT2D eigenvalue weighted by atomic mass is 9.92. The second kappa shape index (κ2) is 13.1. The van der Waals surface area contributed by atoms with Crippen LogP contribution in [0.2, 0.25) is 5.04 Å². The second-order valence-corrected chi connectivity index (χ2v) is 17.8.